The molecule has 4 rings (SSSR count). The molecule has 1 aliphatic heterocycles. The standard InChI is InChI=1S/C20H20N2O/c1-12-5-2-6-13(11-12)18-15-8-3-7-14(15)16-9-4-10-17(20(21)23)19(16)22-18/h2-7,9-11,14-15,18,22H,8H2,1H3,(H2,21,23). The predicted molar refractivity (Wildman–Crippen MR) is 92.5 cm³/mol. The van der Waals surface area contributed by atoms with Gasteiger partial charge >= 0.3 is 0 Å². The fourth-order valence-corrected chi connectivity index (χ4v) is 4.02. The lowest BCUT2D eigenvalue weighted by molar-refractivity contribution is 0.100. The highest BCUT2D eigenvalue weighted by atomic mass is 16.1. The monoisotopic (exact) mass is 304 g/mol. The lowest BCUT2D eigenvalue weighted by atomic mass is 9.76. The number of rotatable bonds is 2. The Hall–Kier alpha value is -2.55. The number of hydrogen-bond acceptors (Lipinski definition) is 2. The summed E-state index contributed by atoms with van der Waals surface area (Å²) < 4.78 is 0. The molecular formula is C20H20N2O. The van der Waals surface area contributed by atoms with E-state index in [1.807, 2.05) is 6.07 Å². The molecule has 0 aromatic heterocycles. The number of primary amides is 1. The molecule has 0 fully saturated rings. The molecule has 0 radical (unpaired) electrons. The van der Waals surface area contributed by atoms with Crippen LogP contribution in [0.4, 0.5) is 5.69 Å². The van der Waals surface area contributed by atoms with Crippen molar-refractivity contribution < 1.29 is 4.79 Å². The van der Waals surface area contributed by atoms with E-state index in [1.54, 1.807) is 6.07 Å². The second kappa shape index (κ2) is 5.27. The van der Waals surface area contributed by atoms with Gasteiger partial charge in [-0.3, -0.25) is 4.79 Å². The van der Waals surface area contributed by atoms with E-state index in [4.69, 9.17) is 5.73 Å². The van der Waals surface area contributed by atoms with Gasteiger partial charge in [0.25, 0.3) is 5.91 Å². The van der Waals surface area contributed by atoms with Crippen LogP contribution in [0.25, 0.3) is 0 Å². The first kappa shape index (κ1) is 14.1. The van der Waals surface area contributed by atoms with Crippen molar-refractivity contribution in [3.8, 4) is 0 Å². The number of nitrogens with one attached hydrogen (secondary N) is 1. The molecule has 23 heavy (non-hydrogen) atoms. The third kappa shape index (κ3) is 2.24. The minimum Gasteiger partial charge on any atom is -0.377 e. The van der Waals surface area contributed by atoms with Crippen molar-refractivity contribution in [3.05, 3.63) is 76.9 Å². The summed E-state index contributed by atoms with van der Waals surface area (Å²) in [5, 5.41) is 3.62. The van der Waals surface area contributed by atoms with E-state index in [2.05, 4.69) is 54.7 Å². The number of carbonyl (C=O) groups is 1. The van der Waals surface area contributed by atoms with Gasteiger partial charge in [-0.15, -0.1) is 0 Å². The summed E-state index contributed by atoms with van der Waals surface area (Å²) in [5.74, 6) is 0.446. The topological polar surface area (TPSA) is 55.1 Å². The average molecular weight is 304 g/mol. The molecule has 3 nitrogen and oxygen atoms in total. The van der Waals surface area contributed by atoms with Crippen molar-refractivity contribution >= 4 is 11.6 Å². The van der Waals surface area contributed by atoms with Gasteiger partial charge in [0.2, 0.25) is 0 Å². The Morgan fingerprint density at radius 3 is 2.83 bits per heavy atom. The number of amides is 1. The summed E-state index contributed by atoms with van der Waals surface area (Å²) >= 11 is 0. The highest BCUT2D eigenvalue weighted by Crippen LogP contribution is 2.50. The second-order valence-electron chi connectivity index (χ2n) is 6.52. The number of fused-ring (bicyclic) bond motifs is 3. The summed E-state index contributed by atoms with van der Waals surface area (Å²) in [6.45, 7) is 2.11. The number of aryl methyl sites for hydroxylation is 1. The molecule has 0 saturated heterocycles. The highest BCUT2D eigenvalue weighted by molar-refractivity contribution is 5.99. The average Bonchev–Trinajstić information content (AvgIpc) is 3.03. The normalized spacial score (nSPS) is 24.7. The maximum atomic E-state index is 11.8. The van der Waals surface area contributed by atoms with E-state index in [0.717, 1.165) is 12.1 Å². The summed E-state index contributed by atoms with van der Waals surface area (Å²) in [5.41, 5.74) is 10.8. The second-order valence-corrected chi connectivity index (χ2v) is 6.52. The smallest absolute Gasteiger partial charge is 0.250 e. The zero-order valence-electron chi connectivity index (χ0n) is 13.1. The number of allylic oxidation sites excluding steroid dienone is 2. The van der Waals surface area contributed by atoms with Crippen molar-refractivity contribution in [2.75, 3.05) is 5.32 Å². The van der Waals surface area contributed by atoms with Gasteiger partial charge in [-0.05, 0) is 36.5 Å². The minimum absolute atomic E-state index is 0.197. The predicted octanol–water partition coefficient (Wildman–Crippen LogP) is 3.92. The summed E-state index contributed by atoms with van der Waals surface area (Å²) in [4.78, 5) is 11.8. The van der Waals surface area contributed by atoms with Crippen LogP contribution in [0.15, 0.2) is 54.6 Å². The van der Waals surface area contributed by atoms with Crippen molar-refractivity contribution in [1.82, 2.24) is 0 Å². The molecule has 3 heteroatoms. The molecule has 3 N–H and O–H groups in total. The van der Waals surface area contributed by atoms with Crippen LogP contribution >= 0.6 is 0 Å². The Bertz CT molecular complexity index is 809. The van der Waals surface area contributed by atoms with Gasteiger partial charge in [0.05, 0.1) is 17.3 Å². The molecule has 0 saturated carbocycles. The van der Waals surface area contributed by atoms with E-state index in [1.165, 1.54) is 16.7 Å². The van der Waals surface area contributed by atoms with Crippen molar-refractivity contribution in [1.29, 1.82) is 0 Å². The molecule has 3 atom stereocenters. The van der Waals surface area contributed by atoms with Gasteiger partial charge in [0.1, 0.15) is 0 Å². The Morgan fingerprint density at radius 1 is 1.22 bits per heavy atom. The summed E-state index contributed by atoms with van der Waals surface area (Å²) in [7, 11) is 0. The first-order chi connectivity index (χ1) is 11.1. The Balaban J connectivity index is 1.85. The fourth-order valence-electron chi connectivity index (χ4n) is 4.02. The maximum absolute atomic E-state index is 11.8. The number of hydrogen-bond donors (Lipinski definition) is 2. The molecule has 1 amide bonds. The largest absolute Gasteiger partial charge is 0.377 e. The molecule has 116 valence electrons. The zero-order chi connectivity index (χ0) is 16.0. The molecule has 3 unspecified atom stereocenters. The van der Waals surface area contributed by atoms with Gasteiger partial charge in [-0.2, -0.15) is 0 Å². The first-order valence-electron chi connectivity index (χ1n) is 8.07. The van der Waals surface area contributed by atoms with Crippen LogP contribution in [-0.4, -0.2) is 5.91 Å². The lowest BCUT2D eigenvalue weighted by Gasteiger charge is -2.38. The van der Waals surface area contributed by atoms with Crippen LogP contribution < -0.4 is 11.1 Å². The van der Waals surface area contributed by atoms with Crippen LogP contribution in [0, 0.1) is 12.8 Å². The lowest BCUT2D eigenvalue weighted by Crippen LogP contribution is -2.31. The Morgan fingerprint density at radius 2 is 2.04 bits per heavy atom. The van der Waals surface area contributed by atoms with Crippen molar-refractivity contribution in [2.45, 2.75) is 25.3 Å². The van der Waals surface area contributed by atoms with Crippen LogP contribution in [-0.2, 0) is 0 Å². The number of para-hydroxylation sites is 1. The van der Waals surface area contributed by atoms with Crippen LogP contribution in [0.3, 0.4) is 0 Å². The van der Waals surface area contributed by atoms with Gasteiger partial charge < -0.3 is 11.1 Å². The molecule has 0 spiro atoms. The SMILES string of the molecule is Cc1cccc(C2Nc3c(C(N)=O)cccc3C3C=CCC32)c1. The van der Waals surface area contributed by atoms with Crippen molar-refractivity contribution in [2.24, 2.45) is 11.7 Å². The summed E-state index contributed by atoms with van der Waals surface area (Å²) in [6.07, 6.45) is 5.58. The summed E-state index contributed by atoms with van der Waals surface area (Å²) in [6, 6.07) is 14.6. The van der Waals surface area contributed by atoms with E-state index in [-0.39, 0.29) is 11.9 Å². The van der Waals surface area contributed by atoms with E-state index in [0.29, 0.717) is 17.4 Å². The Kier molecular flexibility index (Phi) is 3.22. The molecule has 1 heterocycles. The molecule has 2 aromatic carbocycles. The number of benzene rings is 2. The van der Waals surface area contributed by atoms with Gasteiger partial charge in [0, 0.05) is 5.92 Å². The number of nitrogens with two attached hydrogens (primary N) is 1. The van der Waals surface area contributed by atoms with Gasteiger partial charge in [0.15, 0.2) is 0 Å². The molecule has 2 aromatic rings. The van der Waals surface area contributed by atoms with Gasteiger partial charge in [-0.1, -0.05) is 54.1 Å². The van der Waals surface area contributed by atoms with E-state index < -0.39 is 0 Å². The fraction of sp³-hybridized carbons (Fsp3) is 0.250. The number of carbonyl (C=O) groups excluding carboxylic acids is 1. The van der Waals surface area contributed by atoms with Crippen LogP contribution in [0.1, 0.15) is 45.4 Å². The zero-order valence-corrected chi connectivity index (χ0v) is 13.1. The van der Waals surface area contributed by atoms with Gasteiger partial charge in [-0.25, -0.2) is 0 Å². The minimum atomic E-state index is -0.377. The Labute approximate surface area is 136 Å². The first-order valence-corrected chi connectivity index (χ1v) is 8.07. The van der Waals surface area contributed by atoms with Crippen LogP contribution in [0.5, 0.6) is 0 Å². The third-order valence-corrected chi connectivity index (χ3v) is 5.06. The third-order valence-electron chi connectivity index (χ3n) is 5.06. The number of anilines is 1. The molecule has 2 aliphatic rings. The molecular weight excluding hydrogens is 284 g/mol. The van der Waals surface area contributed by atoms with E-state index in [9.17, 15) is 4.79 Å². The highest BCUT2D eigenvalue weighted by Gasteiger charge is 2.38. The van der Waals surface area contributed by atoms with Crippen LogP contribution in [0.2, 0.25) is 0 Å². The maximum Gasteiger partial charge on any atom is 0.250 e. The van der Waals surface area contributed by atoms with E-state index >= 15 is 0 Å². The molecule has 1 aliphatic carbocycles. The quantitative estimate of drug-likeness (QED) is 0.826. The molecule has 0 bridgehead atoms. The van der Waals surface area contributed by atoms with Crippen molar-refractivity contribution in [3.63, 3.8) is 0 Å².